The van der Waals surface area contributed by atoms with Crippen LogP contribution in [0.2, 0.25) is 0 Å². The molecule has 2 aromatic carbocycles. The van der Waals surface area contributed by atoms with Crippen LogP contribution in [0, 0.1) is 0 Å². The Kier molecular flexibility index (Phi) is 4.93. The van der Waals surface area contributed by atoms with Crippen LogP contribution in [-0.4, -0.2) is 18.7 Å². The van der Waals surface area contributed by atoms with Gasteiger partial charge in [0.1, 0.15) is 22.9 Å². The molecule has 1 N–H and O–H groups in total. The van der Waals surface area contributed by atoms with Gasteiger partial charge in [0, 0.05) is 10.9 Å². The smallest absolute Gasteiger partial charge is 0.307 e. The van der Waals surface area contributed by atoms with Gasteiger partial charge in [-0.2, -0.15) is 5.10 Å². The van der Waals surface area contributed by atoms with E-state index >= 15 is 0 Å². The van der Waals surface area contributed by atoms with Crippen molar-refractivity contribution in [2.24, 2.45) is 5.10 Å². The molecule has 4 rings (SSSR count). The molecule has 28 heavy (non-hydrogen) atoms. The summed E-state index contributed by atoms with van der Waals surface area (Å²) < 4.78 is 16.7. The Morgan fingerprint density at radius 3 is 2.75 bits per heavy atom. The topological polar surface area (TPSA) is 77.0 Å². The van der Waals surface area contributed by atoms with Crippen LogP contribution in [0.4, 0.5) is 0 Å². The quantitative estimate of drug-likeness (QED) is 0.386. The second kappa shape index (κ2) is 7.84. The molecule has 2 heterocycles. The van der Waals surface area contributed by atoms with Crippen LogP contribution < -0.4 is 10.2 Å². The average Bonchev–Trinajstić information content (AvgIpc) is 3.35. The van der Waals surface area contributed by atoms with Crippen molar-refractivity contribution >= 4 is 23.1 Å². The summed E-state index contributed by atoms with van der Waals surface area (Å²) in [5.74, 6) is 1.72. The van der Waals surface area contributed by atoms with Gasteiger partial charge in [-0.1, -0.05) is 30.3 Å². The zero-order valence-corrected chi connectivity index (χ0v) is 15.2. The lowest BCUT2D eigenvalue weighted by molar-refractivity contribution is 0.0929. The Morgan fingerprint density at radius 1 is 1.07 bits per heavy atom. The number of fused-ring (bicyclic) bond motifs is 1. The Hall–Kier alpha value is -3.80. The summed E-state index contributed by atoms with van der Waals surface area (Å²) >= 11 is 0. The molecule has 0 saturated carbocycles. The molecule has 0 atom stereocenters. The fraction of sp³-hybridized carbons (Fsp3) is 0.0909. The molecule has 2 aromatic heterocycles. The standard InChI is InChI=1S/C22H18N2O4/c1-2-26-17-8-10-20-16(12-17)13-21(28-20)22(25)24-23-14-18-9-11-19(27-18)15-6-4-3-5-7-15/h3-14H,2H2,1H3,(H,24,25)/b23-14+. The van der Waals surface area contributed by atoms with Crippen LogP contribution in [0.15, 0.2) is 80.7 Å². The van der Waals surface area contributed by atoms with Crippen molar-refractivity contribution in [3.05, 3.63) is 78.3 Å². The summed E-state index contributed by atoms with van der Waals surface area (Å²) in [5, 5.41) is 4.73. The van der Waals surface area contributed by atoms with Crippen LogP contribution >= 0.6 is 0 Å². The molecule has 0 bridgehead atoms. The number of hydrogen-bond acceptors (Lipinski definition) is 5. The minimum absolute atomic E-state index is 0.171. The van der Waals surface area contributed by atoms with Crippen LogP contribution in [0.1, 0.15) is 23.2 Å². The second-order valence-corrected chi connectivity index (χ2v) is 6.01. The summed E-state index contributed by atoms with van der Waals surface area (Å²) in [7, 11) is 0. The van der Waals surface area contributed by atoms with Crippen molar-refractivity contribution in [1.82, 2.24) is 5.43 Å². The number of hydrazone groups is 1. The molecule has 0 aliphatic carbocycles. The molecule has 0 radical (unpaired) electrons. The molecule has 0 spiro atoms. The van der Waals surface area contributed by atoms with Gasteiger partial charge in [0.05, 0.1) is 12.8 Å². The Morgan fingerprint density at radius 2 is 1.93 bits per heavy atom. The molecule has 0 aliphatic rings. The summed E-state index contributed by atoms with van der Waals surface area (Å²) in [6, 6.07) is 20.4. The summed E-state index contributed by atoms with van der Waals surface area (Å²) in [5.41, 5.74) is 4.02. The van der Waals surface area contributed by atoms with E-state index in [-0.39, 0.29) is 5.76 Å². The van der Waals surface area contributed by atoms with E-state index in [0.717, 1.165) is 22.5 Å². The van der Waals surface area contributed by atoms with Gasteiger partial charge in [-0.15, -0.1) is 0 Å². The Balaban J connectivity index is 1.43. The molecule has 6 nitrogen and oxygen atoms in total. The van der Waals surface area contributed by atoms with E-state index in [0.29, 0.717) is 18.0 Å². The highest BCUT2D eigenvalue weighted by atomic mass is 16.5. The monoisotopic (exact) mass is 374 g/mol. The highest BCUT2D eigenvalue weighted by molar-refractivity contribution is 5.96. The van der Waals surface area contributed by atoms with Crippen molar-refractivity contribution in [1.29, 1.82) is 0 Å². The Bertz CT molecular complexity index is 1130. The highest BCUT2D eigenvalue weighted by Crippen LogP contribution is 2.24. The van der Waals surface area contributed by atoms with Gasteiger partial charge < -0.3 is 13.6 Å². The van der Waals surface area contributed by atoms with Gasteiger partial charge in [0.2, 0.25) is 0 Å². The number of nitrogens with one attached hydrogen (secondary N) is 1. The number of benzene rings is 2. The van der Waals surface area contributed by atoms with Crippen molar-refractivity contribution in [3.8, 4) is 17.1 Å². The van der Waals surface area contributed by atoms with Gasteiger partial charge in [-0.05, 0) is 43.3 Å². The van der Waals surface area contributed by atoms with Crippen LogP contribution in [0.3, 0.4) is 0 Å². The number of carbonyl (C=O) groups excluding carboxylic acids is 1. The largest absolute Gasteiger partial charge is 0.494 e. The lowest BCUT2D eigenvalue weighted by Crippen LogP contribution is -2.16. The van der Waals surface area contributed by atoms with E-state index < -0.39 is 5.91 Å². The fourth-order valence-electron chi connectivity index (χ4n) is 2.78. The normalized spacial score (nSPS) is 11.2. The predicted molar refractivity (Wildman–Crippen MR) is 107 cm³/mol. The third-order valence-corrected chi connectivity index (χ3v) is 4.07. The summed E-state index contributed by atoms with van der Waals surface area (Å²) in [4.78, 5) is 12.3. The van der Waals surface area contributed by atoms with Gasteiger partial charge in [0.25, 0.3) is 0 Å². The third kappa shape index (κ3) is 3.81. The number of carbonyl (C=O) groups is 1. The molecule has 4 aromatic rings. The lowest BCUT2D eigenvalue weighted by atomic mass is 10.2. The average molecular weight is 374 g/mol. The number of hydrogen-bond donors (Lipinski definition) is 1. The third-order valence-electron chi connectivity index (χ3n) is 4.07. The maximum atomic E-state index is 12.3. The van der Waals surface area contributed by atoms with Crippen molar-refractivity contribution in [2.75, 3.05) is 6.61 Å². The maximum Gasteiger partial charge on any atom is 0.307 e. The Labute approximate surface area is 161 Å². The zero-order valence-electron chi connectivity index (χ0n) is 15.2. The predicted octanol–water partition coefficient (Wildman–Crippen LogP) is 4.86. The highest BCUT2D eigenvalue weighted by Gasteiger charge is 2.12. The van der Waals surface area contributed by atoms with E-state index in [1.807, 2.05) is 49.4 Å². The van der Waals surface area contributed by atoms with E-state index in [1.54, 1.807) is 24.3 Å². The van der Waals surface area contributed by atoms with Crippen LogP contribution in [0.25, 0.3) is 22.3 Å². The molecule has 0 fully saturated rings. The molecule has 6 heteroatoms. The summed E-state index contributed by atoms with van der Waals surface area (Å²) in [6.45, 7) is 2.49. The first kappa shape index (κ1) is 17.6. The van der Waals surface area contributed by atoms with E-state index in [9.17, 15) is 4.79 Å². The summed E-state index contributed by atoms with van der Waals surface area (Å²) in [6.07, 6.45) is 1.44. The van der Waals surface area contributed by atoms with E-state index in [4.69, 9.17) is 13.6 Å². The van der Waals surface area contributed by atoms with Crippen LogP contribution in [-0.2, 0) is 0 Å². The van der Waals surface area contributed by atoms with Gasteiger partial charge in [-0.25, -0.2) is 5.43 Å². The molecule has 140 valence electrons. The van der Waals surface area contributed by atoms with Crippen molar-refractivity contribution < 1.29 is 18.4 Å². The number of amides is 1. The van der Waals surface area contributed by atoms with Crippen molar-refractivity contribution in [3.63, 3.8) is 0 Å². The zero-order chi connectivity index (χ0) is 19.3. The maximum absolute atomic E-state index is 12.3. The first-order chi connectivity index (χ1) is 13.7. The lowest BCUT2D eigenvalue weighted by Gasteiger charge is -2.00. The second-order valence-electron chi connectivity index (χ2n) is 6.01. The van der Waals surface area contributed by atoms with Gasteiger partial charge >= 0.3 is 5.91 Å². The molecular weight excluding hydrogens is 356 g/mol. The molecule has 0 aliphatic heterocycles. The minimum Gasteiger partial charge on any atom is -0.494 e. The SMILES string of the molecule is CCOc1ccc2oc(C(=O)N/N=C/c3ccc(-c4ccccc4)o3)cc2c1. The molecular formula is C22H18N2O4. The van der Waals surface area contributed by atoms with Gasteiger partial charge in [-0.3, -0.25) is 4.79 Å². The molecule has 1 amide bonds. The van der Waals surface area contributed by atoms with E-state index in [2.05, 4.69) is 10.5 Å². The number of ether oxygens (including phenoxy) is 1. The molecule has 0 saturated heterocycles. The fourth-order valence-corrected chi connectivity index (χ4v) is 2.78. The van der Waals surface area contributed by atoms with Crippen LogP contribution in [0.5, 0.6) is 5.75 Å². The first-order valence-electron chi connectivity index (χ1n) is 8.88. The van der Waals surface area contributed by atoms with Crippen molar-refractivity contribution in [2.45, 2.75) is 6.92 Å². The number of furan rings is 2. The first-order valence-corrected chi connectivity index (χ1v) is 8.88. The van der Waals surface area contributed by atoms with E-state index in [1.165, 1.54) is 6.21 Å². The number of nitrogens with zero attached hydrogens (tertiary/aromatic N) is 1. The van der Waals surface area contributed by atoms with Gasteiger partial charge in [0.15, 0.2) is 5.76 Å². The molecule has 0 unspecified atom stereocenters. The minimum atomic E-state index is -0.444. The number of rotatable bonds is 6.